The summed E-state index contributed by atoms with van der Waals surface area (Å²) in [5.41, 5.74) is 1.55. The predicted molar refractivity (Wildman–Crippen MR) is 91.1 cm³/mol. The van der Waals surface area contributed by atoms with E-state index in [1.165, 1.54) is 12.1 Å². The molecule has 6 heteroatoms. The predicted octanol–water partition coefficient (Wildman–Crippen LogP) is 5.36. The summed E-state index contributed by atoms with van der Waals surface area (Å²) in [7, 11) is 0. The molecule has 1 heterocycles. The van der Waals surface area contributed by atoms with Crippen LogP contribution >= 0.6 is 31.9 Å². The highest BCUT2D eigenvalue weighted by Gasteiger charge is 2.16. The van der Waals surface area contributed by atoms with Crippen molar-refractivity contribution in [2.24, 2.45) is 0 Å². The number of halogens is 3. The Balaban J connectivity index is 2.62. The smallest absolute Gasteiger partial charge is 0.161 e. The van der Waals surface area contributed by atoms with E-state index in [0.717, 1.165) is 22.5 Å². The summed E-state index contributed by atoms with van der Waals surface area (Å²) in [6.45, 7) is 6.88. The molecule has 0 fully saturated rings. The van der Waals surface area contributed by atoms with Gasteiger partial charge in [0.2, 0.25) is 0 Å². The van der Waals surface area contributed by atoms with Crippen LogP contribution in [0.3, 0.4) is 0 Å². The van der Waals surface area contributed by atoms with Gasteiger partial charge in [0.25, 0.3) is 0 Å². The van der Waals surface area contributed by atoms with Crippen LogP contribution in [-0.2, 0) is 0 Å². The Morgan fingerprint density at radius 2 is 1.90 bits per heavy atom. The number of nitrogens with zero attached hydrogens (tertiary/aromatic N) is 2. The van der Waals surface area contributed by atoms with Crippen molar-refractivity contribution in [1.82, 2.24) is 9.97 Å². The third-order valence-electron chi connectivity index (χ3n) is 2.89. The molecule has 0 aliphatic heterocycles. The average molecular weight is 417 g/mol. The molecule has 0 amide bonds. The molecule has 0 spiro atoms. The molecule has 21 heavy (non-hydrogen) atoms. The van der Waals surface area contributed by atoms with E-state index in [2.05, 4.69) is 61.0 Å². The highest BCUT2D eigenvalue weighted by molar-refractivity contribution is 9.11. The summed E-state index contributed by atoms with van der Waals surface area (Å²) < 4.78 is 15.1. The Bertz CT molecular complexity index is 639. The van der Waals surface area contributed by atoms with Crippen LogP contribution in [0.25, 0.3) is 11.4 Å². The topological polar surface area (TPSA) is 37.8 Å². The lowest BCUT2D eigenvalue weighted by Crippen LogP contribution is -2.07. The molecule has 112 valence electrons. The van der Waals surface area contributed by atoms with Gasteiger partial charge in [-0.25, -0.2) is 14.4 Å². The molecule has 3 nitrogen and oxygen atoms in total. The molecule has 0 aliphatic carbocycles. The van der Waals surface area contributed by atoms with Gasteiger partial charge in [0.05, 0.1) is 10.2 Å². The normalized spacial score (nSPS) is 11.0. The molecular formula is C15H16Br2FN3. The summed E-state index contributed by atoms with van der Waals surface area (Å²) in [5, 5.41) is 3.21. The fourth-order valence-corrected chi connectivity index (χ4v) is 3.18. The monoisotopic (exact) mass is 415 g/mol. The van der Waals surface area contributed by atoms with Gasteiger partial charge in [0.1, 0.15) is 11.6 Å². The standard InChI is InChI=1S/C15H16Br2FN3/c1-4-19-15-12(17)13(8(2)3)20-14(21-15)9-5-10(16)7-11(18)6-9/h5-8H,4H2,1-3H3,(H,19,20,21). The fourth-order valence-electron chi connectivity index (χ4n) is 1.94. The Kier molecular flexibility index (Phi) is 5.32. The Morgan fingerprint density at radius 1 is 1.19 bits per heavy atom. The summed E-state index contributed by atoms with van der Waals surface area (Å²) in [4.78, 5) is 9.08. The summed E-state index contributed by atoms with van der Waals surface area (Å²) in [6, 6.07) is 4.66. The van der Waals surface area contributed by atoms with Crippen LogP contribution < -0.4 is 5.32 Å². The molecule has 1 aromatic heterocycles. The van der Waals surface area contributed by atoms with Crippen LogP contribution in [0.4, 0.5) is 10.2 Å². The Hall–Kier alpha value is -1.01. The summed E-state index contributed by atoms with van der Waals surface area (Å²) >= 11 is 6.85. The lowest BCUT2D eigenvalue weighted by atomic mass is 10.1. The van der Waals surface area contributed by atoms with Crippen LogP contribution in [0.5, 0.6) is 0 Å². The number of hydrogen-bond acceptors (Lipinski definition) is 3. The number of anilines is 1. The summed E-state index contributed by atoms with van der Waals surface area (Å²) in [6.07, 6.45) is 0. The SMILES string of the molecule is CCNc1nc(-c2cc(F)cc(Br)c2)nc(C(C)C)c1Br. The van der Waals surface area contributed by atoms with Gasteiger partial charge in [-0.15, -0.1) is 0 Å². The molecule has 1 N–H and O–H groups in total. The third kappa shape index (κ3) is 3.80. The fraction of sp³-hybridized carbons (Fsp3) is 0.333. The lowest BCUT2D eigenvalue weighted by Gasteiger charge is -2.14. The summed E-state index contributed by atoms with van der Waals surface area (Å²) in [5.74, 6) is 1.15. The first kappa shape index (κ1) is 16.4. The van der Waals surface area contributed by atoms with Crippen molar-refractivity contribution in [2.45, 2.75) is 26.7 Å². The van der Waals surface area contributed by atoms with E-state index >= 15 is 0 Å². The van der Waals surface area contributed by atoms with E-state index in [9.17, 15) is 4.39 Å². The lowest BCUT2D eigenvalue weighted by molar-refractivity contribution is 0.627. The van der Waals surface area contributed by atoms with Crippen molar-refractivity contribution in [3.05, 3.63) is 38.7 Å². The third-order valence-corrected chi connectivity index (χ3v) is 4.13. The number of rotatable bonds is 4. The zero-order valence-corrected chi connectivity index (χ0v) is 15.2. The zero-order chi connectivity index (χ0) is 15.6. The number of aromatic nitrogens is 2. The van der Waals surface area contributed by atoms with Crippen molar-refractivity contribution in [2.75, 3.05) is 11.9 Å². The second kappa shape index (κ2) is 6.83. The highest BCUT2D eigenvalue weighted by Crippen LogP contribution is 2.32. The number of nitrogens with one attached hydrogen (secondary N) is 1. The second-order valence-corrected chi connectivity index (χ2v) is 6.65. The molecule has 0 saturated carbocycles. The average Bonchev–Trinajstić information content (AvgIpc) is 2.39. The van der Waals surface area contributed by atoms with Gasteiger partial charge < -0.3 is 5.32 Å². The van der Waals surface area contributed by atoms with Gasteiger partial charge in [0.15, 0.2) is 5.82 Å². The molecule has 1 aromatic carbocycles. The maximum Gasteiger partial charge on any atom is 0.161 e. The minimum atomic E-state index is -0.318. The van der Waals surface area contributed by atoms with Crippen LogP contribution in [0.1, 0.15) is 32.4 Å². The molecule has 0 unspecified atom stereocenters. The molecule has 0 aliphatic rings. The van der Waals surface area contributed by atoms with Gasteiger partial charge in [-0.05, 0) is 47.0 Å². The second-order valence-electron chi connectivity index (χ2n) is 4.94. The van der Waals surface area contributed by atoms with E-state index in [0.29, 0.717) is 15.9 Å². The zero-order valence-electron chi connectivity index (χ0n) is 12.0. The minimum Gasteiger partial charge on any atom is -0.369 e. The first-order valence-corrected chi connectivity index (χ1v) is 8.28. The molecule has 2 rings (SSSR count). The molecule has 0 bridgehead atoms. The van der Waals surface area contributed by atoms with Crippen LogP contribution in [-0.4, -0.2) is 16.5 Å². The van der Waals surface area contributed by atoms with E-state index in [1.807, 2.05) is 13.0 Å². The van der Waals surface area contributed by atoms with E-state index in [-0.39, 0.29) is 11.7 Å². The van der Waals surface area contributed by atoms with Crippen molar-refractivity contribution < 1.29 is 4.39 Å². The quantitative estimate of drug-likeness (QED) is 0.728. The molecule has 2 aromatic rings. The van der Waals surface area contributed by atoms with Gasteiger partial charge in [-0.1, -0.05) is 29.8 Å². The Morgan fingerprint density at radius 3 is 2.48 bits per heavy atom. The molecule has 0 atom stereocenters. The van der Waals surface area contributed by atoms with Gasteiger partial charge >= 0.3 is 0 Å². The van der Waals surface area contributed by atoms with E-state index < -0.39 is 0 Å². The van der Waals surface area contributed by atoms with Gasteiger partial charge in [0, 0.05) is 16.6 Å². The molecule has 0 radical (unpaired) electrons. The minimum absolute atomic E-state index is 0.232. The maximum atomic E-state index is 13.6. The molecule has 0 saturated heterocycles. The first-order chi connectivity index (χ1) is 9.92. The van der Waals surface area contributed by atoms with Crippen LogP contribution in [0.15, 0.2) is 27.1 Å². The van der Waals surface area contributed by atoms with E-state index in [1.54, 1.807) is 0 Å². The van der Waals surface area contributed by atoms with E-state index in [4.69, 9.17) is 0 Å². The maximum absolute atomic E-state index is 13.6. The first-order valence-electron chi connectivity index (χ1n) is 6.70. The van der Waals surface area contributed by atoms with Crippen LogP contribution in [0, 0.1) is 5.82 Å². The Labute approximate surface area is 140 Å². The molecular weight excluding hydrogens is 401 g/mol. The highest BCUT2D eigenvalue weighted by atomic mass is 79.9. The van der Waals surface area contributed by atoms with Crippen molar-refractivity contribution in [1.29, 1.82) is 0 Å². The van der Waals surface area contributed by atoms with Crippen molar-refractivity contribution in [3.8, 4) is 11.4 Å². The largest absolute Gasteiger partial charge is 0.369 e. The van der Waals surface area contributed by atoms with Crippen molar-refractivity contribution >= 4 is 37.7 Å². The number of benzene rings is 1. The number of hydrogen-bond donors (Lipinski definition) is 1. The van der Waals surface area contributed by atoms with Crippen molar-refractivity contribution in [3.63, 3.8) is 0 Å². The van der Waals surface area contributed by atoms with Gasteiger partial charge in [-0.3, -0.25) is 0 Å². The van der Waals surface area contributed by atoms with Crippen LogP contribution in [0.2, 0.25) is 0 Å². The van der Waals surface area contributed by atoms with Gasteiger partial charge in [-0.2, -0.15) is 0 Å².